The molecule has 0 bridgehead atoms. The molecule has 3 N–H and O–H groups in total. The lowest BCUT2D eigenvalue weighted by Gasteiger charge is -2.29. The smallest absolute Gasteiger partial charge is 0.102 e. The number of nitrogens with zero attached hydrogens (tertiary/aromatic N) is 1. The van der Waals surface area contributed by atoms with Gasteiger partial charge in [0, 0.05) is 30.0 Å². The Labute approximate surface area is 158 Å². The van der Waals surface area contributed by atoms with Crippen molar-refractivity contribution in [3.8, 4) is 0 Å². The summed E-state index contributed by atoms with van der Waals surface area (Å²) < 4.78 is 0. The van der Waals surface area contributed by atoms with Crippen LogP contribution in [0.4, 0.5) is 11.4 Å². The number of hydrogen-bond acceptors (Lipinski definition) is 4. The van der Waals surface area contributed by atoms with Gasteiger partial charge in [-0.25, -0.2) is 0 Å². The molecule has 1 atom stereocenters. The van der Waals surface area contributed by atoms with Gasteiger partial charge in [0.1, 0.15) is 5.37 Å². The number of nitrogen functional groups attached to an aromatic ring is 1. The summed E-state index contributed by atoms with van der Waals surface area (Å²) in [7, 11) is 0. The molecule has 3 nitrogen and oxygen atoms in total. The number of hydrogen-bond donors (Lipinski definition) is 2. The second-order valence-electron chi connectivity index (χ2n) is 6.57. The fraction of sp³-hybridized carbons (Fsp3) is 0.300. The zero-order valence-electron chi connectivity index (χ0n) is 14.0. The number of nitrogens with two attached hydrogens (primary N) is 1. The van der Waals surface area contributed by atoms with Crippen molar-refractivity contribution in [3.05, 3.63) is 64.0 Å². The maximum Gasteiger partial charge on any atom is 0.102 e. The molecule has 0 spiro atoms. The first-order valence-electron chi connectivity index (χ1n) is 8.73. The molecule has 2 aliphatic rings. The Kier molecular flexibility index (Phi) is 4.82. The Bertz CT molecular complexity index is 799. The van der Waals surface area contributed by atoms with Gasteiger partial charge < -0.3 is 16.0 Å². The van der Waals surface area contributed by atoms with Gasteiger partial charge >= 0.3 is 0 Å². The first kappa shape index (κ1) is 16.7. The topological polar surface area (TPSA) is 41.3 Å². The lowest BCUT2D eigenvalue weighted by Crippen LogP contribution is -2.29. The molecular formula is C20H22ClN3S. The molecule has 4 rings (SSSR count). The monoisotopic (exact) mass is 371 g/mol. The standard InChI is InChI=1S/C20H22ClN3S/c21-18-12-15(22)7-8-17(18)19-13-25-20(23-19)14-5-4-6-16(11-14)24-9-2-1-3-10-24/h4-8,11-13,20,23H,1-3,9-10,22H2. The molecule has 1 fully saturated rings. The fourth-order valence-electron chi connectivity index (χ4n) is 3.43. The first-order valence-corrected chi connectivity index (χ1v) is 10.1. The summed E-state index contributed by atoms with van der Waals surface area (Å²) in [5, 5.41) is 6.64. The minimum absolute atomic E-state index is 0.216. The summed E-state index contributed by atoms with van der Waals surface area (Å²) in [6.45, 7) is 2.33. The van der Waals surface area contributed by atoms with Crippen molar-refractivity contribution in [1.82, 2.24) is 5.32 Å². The van der Waals surface area contributed by atoms with Gasteiger partial charge in [0.05, 0.1) is 10.7 Å². The van der Waals surface area contributed by atoms with E-state index >= 15 is 0 Å². The second kappa shape index (κ2) is 7.22. The van der Waals surface area contributed by atoms with Crippen molar-refractivity contribution in [3.63, 3.8) is 0 Å². The number of nitrogens with one attached hydrogen (secondary N) is 1. The molecule has 1 unspecified atom stereocenters. The van der Waals surface area contributed by atoms with Crippen LogP contribution in [0.25, 0.3) is 5.70 Å². The van der Waals surface area contributed by atoms with Crippen LogP contribution in [-0.2, 0) is 0 Å². The Morgan fingerprint density at radius 1 is 1.08 bits per heavy atom. The molecule has 2 aliphatic heterocycles. The normalized spacial score (nSPS) is 20.3. The molecule has 2 aromatic carbocycles. The van der Waals surface area contributed by atoms with Crippen LogP contribution in [0.15, 0.2) is 47.9 Å². The second-order valence-corrected chi connectivity index (χ2v) is 7.96. The molecule has 1 saturated heterocycles. The van der Waals surface area contributed by atoms with Gasteiger partial charge in [-0.3, -0.25) is 0 Å². The van der Waals surface area contributed by atoms with Crippen molar-refractivity contribution in [1.29, 1.82) is 0 Å². The molecule has 0 amide bonds. The summed E-state index contributed by atoms with van der Waals surface area (Å²) in [6.07, 6.45) is 3.94. The average Bonchev–Trinajstić information content (AvgIpc) is 3.12. The predicted octanol–water partition coefficient (Wildman–Crippen LogP) is 5.25. The van der Waals surface area contributed by atoms with Gasteiger partial charge in [-0.15, -0.1) is 11.8 Å². The highest BCUT2D eigenvalue weighted by molar-refractivity contribution is 8.02. The molecule has 2 heterocycles. The third-order valence-corrected chi connectivity index (χ3v) is 6.13. The molecule has 25 heavy (non-hydrogen) atoms. The van der Waals surface area contributed by atoms with E-state index in [4.69, 9.17) is 17.3 Å². The summed E-state index contributed by atoms with van der Waals surface area (Å²) in [5.41, 5.74) is 11.2. The minimum Gasteiger partial charge on any atom is -0.399 e. The van der Waals surface area contributed by atoms with E-state index in [9.17, 15) is 0 Å². The van der Waals surface area contributed by atoms with E-state index in [1.54, 1.807) is 17.8 Å². The Morgan fingerprint density at radius 2 is 1.92 bits per heavy atom. The fourth-order valence-corrected chi connectivity index (χ4v) is 4.69. The number of benzene rings is 2. The lowest BCUT2D eigenvalue weighted by molar-refractivity contribution is 0.577. The van der Waals surface area contributed by atoms with Gasteiger partial charge in [0.2, 0.25) is 0 Å². The van der Waals surface area contributed by atoms with Crippen molar-refractivity contribution >= 4 is 40.4 Å². The van der Waals surface area contributed by atoms with Crippen LogP contribution >= 0.6 is 23.4 Å². The summed E-state index contributed by atoms with van der Waals surface area (Å²) in [4.78, 5) is 2.50. The van der Waals surface area contributed by atoms with Crippen LogP contribution in [0.5, 0.6) is 0 Å². The molecule has 0 radical (unpaired) electrons. The largest absolute Gasteiger partial charge is 0.399 e. The quantitative estimate of drug-likeness (QED) is 0.723. The number of halogens is 1. The SMILES string of the molecule is Nc1ccc(C2=CSC(c3cccc(N4CCCCC4)c3)N2)c(Cl)c1. The maximum absolute atomic E-state index is 6.35. The van der Waals surface area contributed by atoms with Gasteiger partial charge in [-0.1, -0.05) is 23.7 Å². The maximum atomic E-state index is 6.35. The van der Waals surface area contributed by atoms with E-state index in [0.717, 1.165) is 11.3 Å². The number of piperidine rings is 1. The molecule has 2 aromatic rings. The van der Waals surface area contributed by atoms with Gasteiger partial charge in [-0.05, 0) is 60.6 Å². The van der Waals surface area contributed by atoms with E-state index in [2.05, 4.69) is 39.9 Å². The summed E-state index contributed by atoms with van der Waals surface area (Å²) in [5.74, 6) is 0. The van der Waals surface area contributed by atoms with Crippen LogP contribution in [0, 0.1) is 0 Å². The van der Waals surface area contributed by atoms with Crippen molar-refractivity contribution in [2.45, 2.75) is 24.6 Å². The van der Waals surface area contributed by atoms with Crippen LogP contribution < -0.4 is 16.0 Å². The highest BCUT2D eigenvalue weighted by Gasteiger charge is 2.22. The third-order valence-electron chi connectivity index (χ3n) is 4.79. The number of rotatable bonds is 3. The molecule has 0 aliphatic carbocycles. The van der Waals surface area contributed by atoms with Gasteiger partial charge in [0.25, 0.3) is 0 Å². The van der Waals surface area contributed by atoms with E-state index in [-0.39, 0.29) is 5.37 Å². The zero-order chi connectivity index (χ0) is 17.2. The molecule has 5 heteroatoms. The minimum atomic E-state index is 0.216. The van der Waals surface area contributed by atoms with Gasteiger partial charge in [0.15, 0.2) is 0 Å². The Balaban J connectivity index is 1.51. The van der Waals surface area contributed by atoms with E-state index < -0.39 is 0 Å². The van der Waals surface area contributed by atoms with Crippen LogP contribution in [0.3, 0.4) is 0 Å². The molecular weight excluding hydrogens is 350 g/mol. The Hall–Kier alpha value is -1.78. The Morgan fingerprint density at radius 3 is 2.72 bits per heavy atom. The number of anilines is 2. The van der Waals surface area contributed by atoms with Crippen LogP contribution in [-0.4, -0.2) is 13.1 Å². The lowest BCUT2D eigenvalue weighted by atomic mass is 10.1. The molecule has 130 valence electrons. The number of thioether (sulfide) groups is 1. The highest BCUT2D eigenvalue weighted by Crippen LogP contribution is 2.40. The van der Waals surface area contributed by atoms with Crippen LogP contribution in [0.2, 0.25) is 5.02 Å². The van der Waals surface area contributed by atoms with Crippen LogP contribution in [0.1, 0.15) is 35.8 Å². The third kappa shape index (κ3) is 3.60. The molecule has 0 aromatic heterocycles. The van der Waals surface area contributed by atoms with Crippen molar-refractivity contribution < 1.29 is 0 Å². The van der Waals surface area contributed by atoms with E-state index in [1.165, 1.54) is 43.6 Å². The highest BCUT2D eigenvalue weighted by atomic mass is 35.5. The zero-order valence-corrected chi connectivity index (χ0v) is 15.6. The van der Waals surface area contributed by atoms with Gasteiger partial charge in [-0.2, -0.15) is 0 Å². The van der Waals surface area contributed by atoms with E-state index in [0.29, 0.717) is 10.7 Å². The summed E-state index contributed by atoms with van der Waals surface area (Å²) in [6, 6.07) is 14.6. The predicted molar refractivity (Wildman–Crippen MR) is 110 cm³/mol. The van der Waals surface area contributed by atoms with Crippen molar-refractivity contribution in [2.75, 3.05) is 23.7 Å². The summed E-state index contributed by atoms with van der Waals surface area (Å²) >= 11 is 8.14. The average molecular weight is 372 g/mol. The first-order chi connectivity index (χ1) is 12.2. The van der Waals surface area contributed by atoms with Crippen molar-refractivity contribution in [2.24, 2.45) is 0 Å². The molecule has 0 saturated carbocycles. The van der Waals surface area contributed by atoms with E-state index in [1.807, 2.05) is 12.1 Å².